The summed E-state index contributed by atoms with van der Waals surface area (Å²) in [5, 5.41) is 0. The van der Waals surface area contributed by atoms with Gasteiger partial charge < -0.3 is 4.79 Å². The van der Waals surface area contributed by atoms with Gasteiger partial charge in [-0.25, -0.2) is 8.78 Å². The lowest BCUT2D eigenvalue weighted by Gasteiger charge is -2.19. The first-order valence-corrected chi connectivity index (χ1v) is 4.99. The Morgan fingerprint density at radius 1 is 1.08 bits per heavy atom. The van der Waals surface area contributed by atoms with Crippen LogP contribution >= 0.6 is 0 Å². The summed E-state index contributed by atoms with van der Waals surface area (Å²) in [4.78, 5) is 10.5. The molecule has 3 heteroatoms. The lowest BCUT2D eigenvalue weighted by atomic mass is 9.87. The van der Waals surface area contributed by atoms with Crippen molar-refractivity contribution >= 4 is 6.29 Å². The minimum Gasteiger partial charge on any atom is -0.303 e. The second-order valence-electron chi connectivity index (χ2n) is 3.80. The van der Waals surface area contributed by atoms with Gasteiger partial charge in [0.1, 0.15) is 6.29 Å². The van der Waals surface area contributed by atoms with Gasteiger partial charge in [0.15, 0.2) is 0 Å². The fourth-order valence-corrected chi connectivity index (χ4v) is 2.07. The highest BCUT2D eigenvalue weighted by atomic mass is 19.3. The summed E-state index contributed by atoms with van der Waals surface area (Å²) in [7, 11) is 0. The first-order chi connectivity index (χ1) is 6.25. The molecule has 1 rings (SSSR count). The zero-order valence-electron chi connectivity index (χ0n) is 7.72. The fourth-order valence-electron chi connectivity index (χ4n) is 2.07. The minimum absolute atomic E-state index is 0.0694. The maximum Gasteiger partial charge on any atom is 0.248 e. The Hall–Kier alpha value is -0.470. The molecule has 76 valence electrons. The Morgan fingerprint density at radius 2 is 1.62 bits per heavy atom. The van der Waals surface area contributed by atoms with Crippen LogP contribution in [0.3, 0.4) is 0 Å². The van der Waals surface area contributed by atoms with E-state index in [1.54, 1.807) is 0 Å². The van der Waals surface area contributed by atoms with Crippen LogP contribution in [0.1, 0.15) is 38.5 Å². The normalized spacial score (nSPS) is 22.7. The van der Waals surface area contributed by atoms with Crippen LogP contribution in [0, 0.1) is 11.8 Å². The molecule has 1 saturated carbocycles. The van der Waals surface area contributed by atoms with Crippen molar-refractivity contribution in [1.29, 1.82) is 0 Å². The van der Waals surface area contributed by atoms with Gasteiger partial charge in [0.25, 0.3) is 0 Å². The van der Waals surface area contributed by atoms with E-state index in [1.807, 2.05) is 0 Å². The molecule has 1 unspecified atom stereocenters. The second kappa shape index (κ2) is 5.30. The van der Waals surface area contributed by atoms with Crippen LogP contribution in [0.2, 0.25) is 0 Å². The van der Waals surface area contributed by atoms with Gasteiger partial charge >= 0.3 is 0 Å². The van der Waals surface area contributed by atoms with Crippen molar-refractivity contribution in [1.82, 2.24) is 0 Å². The molecule has 0 spiro atoms. The Kier molecular flexibility index (Phi) is 4.33. The molecule has 0 saturated heterocycles. The lowest BCUT2D eigenvalue weighted by molar-refractivity contribution is -0.118. The Bertz CT molecular complexity index is 151. The molecule has 0 bridgehead atoms. The van der Waals surface area contributed by atoms with Crippen molar-refractivity contribution in [3.8, 4) is 0 Å². The molecule has 0 N–H and O–H groups in total. The molecule has 1 atom stereocenters. The SMILES string of the molecule is O=CC(C(F)F)C1CCCCCC1. The van der Waals surface area contributed by atoms with Crippen molar-refractivity contribution in [3.05, 3.63) is 0 Å². The summed E-state index contributed by atoms with van der Waals surface area (Å²) in [5.74, 6) is -1.09. The largest absolute Gasteiger partial charge is 0.303 e. The maximum atomic E-state index is 12.4. The van der Waals surface area contributed by atoms with Crippen LogP contribution in [0.4, 0.5) is 8.78 Å². The third kappa shape index (κ3) is 3.05. The van der Waals surface area contributed by atoms with Gasteiger partial charge in [0, 0.05) is 0 Å². The van der Waals surface area contributed by atoms with Gasteiger partial charge in [-0.3, -0.25) is 0 Å². The molecule has 0 aromatic heterocycles. The molecule has 1 aliphatic rings. The van der Waals surface area contributed by atoms with Crippen molar-refractivity contribution in [2.75, 3.05) is 0 Å². The number of alkyl halides is 2. The highest BCUT2D eigenvalue weighted by Crippen LogP contribution is 2.31. The smallest absolute Gasteiger partial charge is 0.248 e. The number of hydrogen-bond acceptors (Lipinski definition) is 1. The monoisotopic (exact) mass is 190 g/mol. The molecule has 0 aromatic rings. The van der Waals surface area contributed by atoms with Gasteiger partial charge in [0.2, 0.25) is 6.43 Å². The summed E-state index contributed by atoms with van der Waals surface area (Å²) < 4.78 is 24.8. The van der Waals surface area contributed by atoms with Crippen LogP contribution in [0.5, 0.6) is 0 Å². The van der Waals surface area contributed by atoms with Crippen molar-refractivity contribution in [2.45, 2.75) is 45.0 Å². The third-order valence-corrected chi connectivity index (χ3v) is 2.89. The molecule has 0 aromatic carbocycles. The van der Waals surface area contributed by atoms with E-state index < -0.39 is 12.3 Å². The van der Waals surface area contributed by atoms with Crippen molar-refractivity contribution in [2.24, 2.45) is 11.8 Å². The highest BCUT2D eigenvalue weighted by Gasteiger charge is 2.29. The van der Waals surface area contributed by atoms with Gasteiger partial charge in [-0.2, -0.15) is 0 Å². The molecule has 13 heavy (non-hydrogen) atoms. The van der Waals surface area contributed by atoms with E-state index in [4.69, 9.17) is 0 Å². The average molecular weight is 190 g/mol. The van der Waals surface area contributed by atoms with E-state index in [0.717, 1.165) is 38.5 Å². The molecule has 0 amide bonds. The summed E-state index contributed by atoms with van der Waals surface area (Å²) in [6.07, 6.45) is 3.84. The number of rotatable bonds is 3. The highest BCUT2D eigenvalue weighted by molar-refractivity contribution is 5.54. The van der Waals surface area contributed by atoms with Crippen molar-refractivity contribution < 1.29 is 13.6 Å². The lowest BCUT2D eigenvalue weighted by Crippen LogP contribution is -2.23. The molecule has 1 aliphatic carbocycles. The first kappa shape index (κ1) is 10.6. The Morgan fingerprint density at radius 3 is 2.00 bits per heavy atom. The zero-order valence-corrected chi connectivity index (χ0v) is 7.72. The van der Waals surface area contributed by atoms with Crippen LogP contribution in [-0.2, 0) is 4.79 Å². The Balaban J connectivity index is 2.50. The van der Waals surface area contributed by atoms with E-state index in [2.05, 4.69) is 0 Å². The number of carbonyl (C=O) groups excluding carboxylic acids is 1. The van der Waals surface area contributed by atoms with Crippen LogP contribution in [0.15, 0.2) is 0 Å². The molecule has 0 radical (unpaired) electrons. The van der Waals surface area contributed by atoms with E-state index in [1.165, 1.54) is 0 Å². The van der Waals surface area contributed by atoms with Crippen LogP contribution in [0.25, 0.3) is 0 Å². The standard InChI is InChI=1S/C10H16F2O/c11-10(12)9(7-13)8-5-3-1-2-4-6-8/h7-10H,1-6H2. The molecule has 1 fully saturated rings. The molecular formula is C10H16F2O. The molecule has 1 nitrogen and oxygen atoms in total. The van der Waals surface area contributed by atoms with Crippen molar-refractivity contribution in [3.63, 3.8) is 0 Å². The van der Waals surface area contributed by atoms with Crippen LogP contribution < -0.4 is 0 Å². The van der Waals surface area contributed by atoms with E-state index >= 15 is 0 Å². The number of halogens is 2. The summed E-state index contributed by atoms with van der Waals surface area (Å²) in [5.41, 5.74) is 0. The average Bonchev–Trinajstić information content (AvgIpc) is 2.33. The first-order valence-electron chi connectivity index (χ1n) is 4.99. The van der Waals surface area contributed by atoms with Gasteiger partial charge in [-0.15, -0.1) is 0 Å². The predicted molar refractivity (Wildman–Crippen MR) is 46.8 cm³/mol. The van der Waals surface area contributed by atoms with E-state index in [9.17, 15) is 13.6 Å². The molecular weight excluding hydrogens is 174 g/mol. The summed E-state index contributed by atoms with van der Waals surface area (Å²) >= 11 is 0. The predicted octanol–water partition coefficient (Wildman–Crippen LogP) is 3.04. The number of hydrogen-bond donors (Lipinski definition) is 0. The minimum atomic E-state index is -2.47. The molecule has 0 aliphatic heterocycles. The van der Waals surface area contributed by atoms with Gasteiger partial charge in [-0.1, -0.05) is 25.7 Å². The quantitative estimate of drug-likeness (QED) is 0.494. The van der Waals surface area contributed by atoms with Gasteiger partial charge in [0.05, 0.1) is 5.92 Å². The fraction of sp³-hybridized carbons (Fsp3) is 0.900. The summed E-state index contributed by atoms with van der Waals surface area (Å²) in [6.45, 7) is 0. The number of aldehydes is 1. The summed E-state index contributed by atoms with van der Waals surface area (Å²) in [6, 6.07) is 0. The van der Waals surface area contributed by atoms with E-state index in [-0.39, 0.29) is 5.92 Å². The second-order valence-corrected chi connectivity index (χ2v) is 3.80. The topological polar surface area (TPSA) is 17.1 Å². The third-order valence-electron chi connectivity index (χ3n) is 2.89. The van der Waals surface area contributed by atoms with Crippen LogP contribution in [-0.4, -0.2) is 12.7 Å². The molecule has 0 heterocycles. The Labute approximate surface area is 77.5 Å². The zero-order chi connectivity index (χ0) is 9.68. The maximum absolute atomic E-state index is 12.4. The van der Waals surface area contributed by atoms with Gasteiger partial charge in [-0.05, 0) is 18.8 Å². The van der Waals surface area contributed by atoms with E-state index in [0.29, 0.717) is 6.29 Å². The number of carbonyl (C=O) groups is 1.